The van der Waals surface area contributed by atoms with Gasteiger partial charge in [0.25, 0.3) is 5.91 Å². The predicted molar refractivity (Wildman–Crippen MR) is 95.7 cm³/mol. The van der Waals surface area contributed by atoms with Gasteiger partial charge >= 0.3 is 0 Å². The molecule has 1 amide bonds. The van der Waals surface area contributed by atoms with Gasteiger partial charge in [-0.1, -0.05) is 28.4 Å². The molecule has 0 unspecified atom stereocenters. The second-order valence-corrected chi connectivity index (χ2v) is 6.08. The number of amides is 1. The van der Waals surface area contributed by atoms with Gasteiger partial charge in [0.2, 0.25) is 0 Å². The molecule has 0 radical (unpaired) electrons. The van der Waals surface area contributed by atoms with E-state index in [1.165, 1.54) is 0 Å². The summed E-state index contributed by atoms with van der Waals surface area (Å²) in [6.07, 6.45) is 0. The van der Waals surface area contributed by atoms with Crippen LogP contribution in [-0.2, 0) is 11.3 Å². The van der Waals surface area contributed by atoms with Gasteiger partial charge in [-0.25, -0.2) is 0 Å². The molecule has 0 saturated heterocycles. The van der Waals surface area contributed by atoms with Crippen LogP contribution >= 0.6 is 23.2 Å². The van der Waals surface area contributed by atoms with E-state index in [9.17, 15) is 4.79 Å². The number of carbonyl (C=O) groups is 1. The molecule has 25 heavy (non-hydrogen) atoms. The van der Waals surface area contributed by atoms with Gasteiger partial charge in [-0.2, -0.15) is 0 Å². The molecule has 0 spiro atoms. The number of hydrogen-bond acceptors (Lipinski definition) is 4. The lowest BCUT2D eigenvalue weighted by molar-refractivity contribution is -0.123. The van der Waals surface area contributed by atoms with E-state index >= 15 is 0 Å². The van der Waals surface area contributed by atoms with Crippen molar-refractivity contribution in [2.24, 2.45) is 0 Å². The summed E-state index contributed by atoms with van der Waals surface area (Å²) in [7, 11) is 0. The molecular weight excluding hydrogens is 363 g/mol. The molecule has 1 N–H and O–H groups in total. The van der Waals surface area contributed by atoms with E-state index in [2.05, 4.69) is 10.5 Å². The van der Waals surface area contributed by atoms with E-state index in [0.717, 1.165) is 5.56 Å². The highest BCUT2D eigenvalue weighted by molar-refractivity contribution is 6.30. The van der Waals surface area contributed by atoms with Gasteiger partial charge < -0.3 is 14.6 Å². The van der Waals surface area contributed by atoms with Gasteiger partial charge in [0.15, 0.2) is 12.4 Å². The molecule has 1 aromatic heterocycles. The van der Waals surface area contributed by atoms with Crippen molar-refractivity contribution in [3.63, 3.8) is 0 Å². The molecule has 3 rings (SSSR count). The van der Waals surface area contributed by atoms with Crippen molar-refractivity contribution in [1.29, 1.82) is 0 Å². The largest absolute Gasteiger partial charge is 0.484 e. The molecule has 5 nitrogen and oxygen atoms in total. The predicted octanol–water partition coefficient (Wildman–Crippen LogP) is 4.34. The van der Waals surface area contributed by atoms with Crippen LogP contribution in [0.3, 0.4) is 0 Å². The quantitative estimate of drug-likeness (QED) is 0.694. The Kier molecular flexibility index (Phi) is 5.58. The first-order valence-electron chi connectivity index (χ1n) is 7.47. The topological polar surface area (TPSA) is 64.4 Å². The fourth-order valence-electron chi connectivity index (χ4n) is 2.07. The Bertz CT molecular complexity index is 846. The second kappa shape index (κ2) is 8.05. The Morgan fingerprint density at radius 3 is 2.36 bits per heavy atom. The summed E-state index contributed by atoms with van der Waals surface area (Å²) >= 11 is 11.6. The number of nitrogens with zero attached hydrogens (tertiary/aromatic N) is 1. The Balaban J connectivity index is 1.49. The van der Waals surface area contributed by atoms with E-state index in [4.69, 9.17) is 32.5 Å². The Hall–Kier alpha value is -2.50. The summed E-state index contributed by atoms with van der Waals surface area (Å²) in [5, 5.41) is 7.92. The minimum atomic E-state index is -0.258. The summed E-state index contributed by atoms with van der Waals surface area (Å²) in [6.45, 7) is 0.156. The van der Waals surface area contributed by atoms with Crippen molar-refractivity contribution in [2.75, 3.05) is 6.61 Å². The highest BCUT2D eigenvalue weighted by atomic mass is 35.5. The SMILES string of the molecule is O=C(COc1ccc(Cl)cc1)NCc1cc(-c2ccc(Cl)cc2)on1. The van der Waals surface area contributed by atoms with E-state index < -0.39 is 0 Å². The molecule has 128 valence electrons. The third-order valence-electron chi connectivity index (χ3n) is 3.34. The number of halogens is 2. The maximum Gasteiger partial charge on any atom is 0.258 e. The standard InChI is InChI=1S/C18H14Cl2N2O3/c19-13-3-1-12(2-4-13)17-9-15(22-25-17)10-21-18(23)11-24-16-7-5-14(20)6-8-16/h1-9H,10-11H2,(H,21,23). The van der Waals surface area contributed by atoms with Gasteiger partial charge in [0.1, 0.15) is 11.4 Å². The first-order chi connectivity index (χ1) is 12.1. The van der Waals surface area contributed by atoms with Crippen molar-refractivity contribution in [1.82, 2.24) is 10.5 Å². The van der Waals surface area contributed by atoms with Crippen molar-refractivity contribution in [3.8, 4) is 17.1 Å². The van der Waals surface area contributed by atoms with E-state index in [0.29, 0.717) is 27.2 Å². The van der Waals surface area contributed by atoms with Gasteiger partial charge in [-0.15, -0.1) is 0 Å². The molecule has 0 aliphatic carbocycles. The average molecular weight is 377 g/mol. The molecule has 1 heterocycles. The zero-order chi connectivity index (χ0) is 17.6. The van der Waals surface area contributed by atoms with E-state index in [-0.39, 0.29) is 19.1 Å². The monoisotopic (exact) mass is 376 g/mol. The Labute approximate surface area is 154 Å². The number of nitrogens with one attached hydrogen (secondary N) is 1. The molecule has 7 heteroatoms. The summed E-state index contributed by atoms with van der Waals surface area (Å²) in [6, 6.07) is 15.8. The minimum Gasteiger partial charge on any atom is -0.484 e. The van der Waals surface area contributed by atoms with E-state index in [1.54, 1.807) is 42.5 Å². The summed E-state index contributed by atoms with van der Waals surface area (Å²) < 4.78 is 10.6. The van der Waals surface area contributed by atoms with Crippen molar-refractivity contribution < 1.29 is 14.1 Å². The number of hydrogen-bond donors (Lipinski definition) is 1. The number of carbonyl (C=O) groups excluding carboxylic acids is 1. The molecular formula is C18H14Cl2N2O3. The third-order valence-corrected chi connectivity index (χ3v) is 3.84. The molecule has 0 saturated carbocycles. The van der Waals surface area contributed by atoms with Crippen LogP contribution in [0.1, 0.15) is 5.69 Å². The fraction of sp³-hybridized carbons (Fsp3) is 0.111. The molecule has 0 atom stereocenters. The molecule has 0 bridgehead atoms. The van der Waals surface area contributed by atoms with Crippen LogP contribution in [0.2, 0.25) is 10.0 Å². The number of aromatic nitrogens is 1. The highest BCUT2D eigenvalue weighted by Gasteiger charge is 2.09. The number of benzene rings is 2. The third kappa shape index (κ3) is 4.98. The van der Waals surface area contributed by atoms with Crippen LogP contribution in [0.4, 0.5) is 0 Å². The van der Waals surface area contributed by atoms with Crippen LogP contribution in [-0.4, -0.2) is 17.7 Å². The first kappa shape index (κ1) is 17.3. The minimum absolute atomic E-state index is 0.0937. The van der Waals surface area contributed by atoms with Crippen LogP contribution < -0.4 is 10.1 Å². The van der Waals surface area contributed by atoms with Crippen LogP contribution in [0, 0.1) is 0 Å². The summed E-state index contributed by atoms with van der Waals surface area (Å²) in [4.78, 5) is 11.8. The van der Waals surface area contributed by atoms with Gasteiger partial charge in [0.05, 0.1) is 6.54 Å². The van der Waals surface area contributed by atoms with Crippen LogP contribution in [0.15, 0.2) is 59.1 Å². The van der Waals surface area contributed by atoms with Gasteiger partial charge in [-0.05, 0) is 48.5 Å². The lowest BCUT2D eigenvalue weighted by Gasteiger charge is -2.06. The Morgan fingerprint density at radius 1 is 1.04 bits per heavy atom. The maximum atomic E-state index is 11.8. The van der Waals surface area contributed by atoms with Crippen LogP contribution in [0.25, 0.3) is 11.3 Å². The van der Waals surface area contributed by atoms with E-state index in [1.807, 2.05) is 12.1 Å². The van der Waals surface area contributed by atoms with Crippen molar-refractivity contribution in [3.05, 3.63) is 70.3 Å². The highest BCUT2D eigenvalue weighted by Crippen LogP contribution is 2.22. The lowest BCUT2D eigenvalue weighted by Crippen LogP contribution is -2.28. The van der Waals surface area contributed by atoms with Gasteiger partial charge in [-0.3, -0.25) is 4.79 Å². The molecule has 0 aliphatic rings. The molecule has 0 fully saturated rings. The smallest absolute Gasteiger partial charge is 0.258 e. The lowest BCUT2D eigenvalue weighted by atomic mass is 10.1. The zero-order valence-electron chi connectivity index (χ0n) is 13.0. The number of rotatable bonds is 6. The molecule has 3 aromatic rings. The second-order valence-electron chi connectivity index (χ2n) is 5.21. The zero-order valence-corrected chi connectivity index (χ0v) is 14.6. The first-order valence-corrected chi connectivity index (χ1v) is 8.22. The number of ether oxygens (including phenoxy) is 1. The fourth-order valence-corrected chi connectivity index (χ4v) is 2.32. The average Bonchev–Trinajstić information content (AvgIpc) is 3.09. The molecule has 0 aliphatic heterocycles. The Morgan fingerprint density at radius 2 is 1.68 bits per heavy atom. The maximum absolute atomic E-state index is 11.8. The molecule has 2 aromatic carbocycles. The van der Waals surface area contributed by atoms with Crippen molar-refractivity contribution in [2.45, 2.75) is 6.54 Å². The van der Waals surface area contributed by atoms with Gasteiger partial charge in [0, 0.05) is 21.7 Å². The normalized spacial score (nSPS) is 10.5. The summed E-state index contributed by atoms with van der Waals surface area (Å²) in [5.74, 6) is 0.926. The van der Waals surface area contributed by atoms with Crippen molar-refractivity contribution >= 4 is 29.1 Å². The van der Waals surface area contributed by atoms with Crippen LogP contribution in [0.5, 0.6) is 5.75 Å². The summed E-state index contributed by atoms with van der Waals surface area (Å²) in [5.41, 5.74) is 1.48.